The van der Waals surface area contributed by atoms with Crippen LogP contribution in [0, 0.1) is 0 Å². The van der Waals surface area contributed by atoms with E-state index in [0.717, 1.165) is 15.6 Å². The Morgan fingerprint density at radius 2 is 1.80 bits per heavy atom. The van der Waals surface area contributed by atoms with Gasteiger partial charge in [-0.05, 0) is 67.7 Å². The summed E-state index contributed by atoms with van der Waals surface area (Å²) in [6.45, 7) is 2.08. The first kappa shape index (κ1) is 21.9. The Labute approximate surface area is 179 Å². The van der Waals surface area contributed by atoms with Crippen molar-refractivity contribution in [2.75, 3.05) is 19.0 Å². The molecule has 0 atom stereocenters. The lowest BCUT2D eigenvalue weighted by Crippen LogP contribution is -2.18. The molecule has 0 saturated carbocycles. The summed E-state index contributed by atoms with van der Waals surface area (Å²) in [5.74, 6) is -0.500. The van der Waals surface area contributed by atoms with Gasteiger partial charge < -0.3 is 10.1 Å². The number of anilines is 1. The molecule has 0 aliphatic heterocycles. The minimum atomic E-state index is -3.47. The first-order chi connectivity index (χ1) is 14.3. The van der Waals surface area contributed by atoms with Crippen molar-refractivity contribution in [3.8, 4) is 0 Å². The number of carbonyl (C=O) groups is 2. The van der Waals surface area contributed by atoms with Crippen LogP contribution in [0.25, 0.3) is 10.1 Å². The Kier molecular flexibility index (Phi) is 6.86. The lowest BCUT2D eigenvalue weighted by molar-refractivity contribution is -0.116. The molecule has 7 nitrogen and oxygen atoms in total. The predicted octanol–water partition coefficient (Wildman–Crippen LogP) is 3.56. The number of sulfonamides is 1. The number of carbonyl (C=O) groups excluding carboxylic acids is 2. The fourth-order valence-corrected chi connectivity index (χ4v) is 4.53. The molecule has 0 radical (unpaired) electrons. The summed E-state index contributed by atoms with van der Waals surface area (Å²) in [6, 6.07) is 13.7. The molecule has 0 unspecified atom stereocenters. The highest BCUT2D eigenvalue weighted by atomic mass is 32.2. The highest BCUT2D eigenvalue weighted by Gasteiger charge is 2.13. The van der Waals surface area contributed by atoms with Gasteiger partial charge in [0, 0.05) is 16.8 Å². The third-order valence-electron chi connectivity index (χ3n) is 4.42. The molecule has 1 aromatic heterocycles. The molecule has 0 bridgehead atoms. The smallest absolute Gasteiger partial charge is 0.348 e. The van der Waals surface area contributed by atoms with Crippen molar-refractivity contribution < 1.29 is 22.7 Å². The van der Waals surface area contributed by atoms with Crippen molar-refractivity contribution in [3.63, 3.8) is 0 Å². The molecular weight excluding hydrogens is 424 g/mol. The van der Waals surface area contributed by atoms with Crippen molar-refractivity contribution >= 4 is 49.0 Å². The van der Waals surface area contributed by atoms with Crippen molar-refractivity contribution in [3.05, 3.63) is 59.0 Å². The van der Waals surface area contributed by atoms with Crippen LogP contribution in [0.5, 0.6) is 0 Å². The zero-order valence-corrected chi connectivity index (χ0v) is 18.2. The maximum atomic E-state index is 12.3. The third kappa shape index (κ3) is 5.24. The van der Waals surface area contributed by atoms with Crippen LogP contribution in [0.4, 0.5) is 5.69 Å². The predicted molar refractivity (Wildman–Crippen MR) is 117 cm³/mol. The Morgan fingerprint density at radius 3 is 2.47 bits per heavy atom. The number of thiophene rings is 1. The van der Waals surface area contributed by atoms with E-state index >= 15 is 0 Å². The molecule has 0 fully saturated rings. The van der Waals surface area contributed by atoms with Gasteiger partial charge in [0.2, 0.25) is 15.9 Å². The maximum Gasteiger partial charge on any atom is 0.348 e. The van der Waals surface area contributed by atoms with Gasteiger partial charge in [0.25, 0.3) is 0 Å². The SMILES string of the molecule is CCOC(=O)c1cc2cc(NC(=O)CCc3ccc(S(=O)(=O)NC)cc3)ccc2s1. The molecule has 3 aromatic rings. The van der Waals surface area contributed by atoms with E-state index in [4.69, 9.17) is 4.74 Å². The Morgan fingerprint density at radius 1 is 1.07 bits per heavy atom. The largest absolute Gasteiger partial charge is 0.462 e. The van der Waals surface area contributed by atoms with Crippen LogP contribution in [-0.2, 0) is 26.0 Å². The molecule has 0 saturated heterocycles. The number of aryl methyl sites for hydroxylation is 1. The van der Waals surface area contributed by atoms with Gasteiger partial charge in [0.05, 0.1) is 11.5 Å². The van der Waals surface area contributed by atoms with Gasteiger partial charge in [-0.25, -0.2) is 17.9 Å². The number of benzene rings is 2. The molecule has 0 aliphatic rings. The van der Waals surface area contributed by atoms with Crippen molar-refractivity contribution in [1.29, 1.82) is 0 Å². The summed E-state index contributed by atoms with van der Waals surface area (Å²) in [4.78, 5) is 24.9. The molecule has 9 heteroatoms. The van der Waals surface area contributed by atoms with Crippen molar-refractivity contribution in [2.24, 2.45) is 0 Å². The van der Waals surface area contributed by atoms with Crippen molar-refractivity contribution in [1.82, 2.24) is 4.72 Å². The molecule has 0 spiro atoms. The minimum Gasteiger partial charge on any atom is -0.462 e. The minimum absolute atomic E-state index is 0.151. The van der Waals surface area contributed by atoms with Gasteiger partial charge in [0.15, 0.2) is 0 Å². The van der Waals surface area contributed by atoms with E-state index < -0.39 is 10.0 Å². The number of amides is 1. The number of rotatable bonds is 8. The zero-order valence-electron chi connectivity index (χ0n) is 16.6. The Bertz CT molecular complexity index is 1170. The number of hydrogen-bond acceptors (Lipinski definition) is 6. The molecule has 0 aliphatic carbocycles. The summed E-state index contributed by atoms with van der Waals surface area (Å²) in [5, 5.41) is 3.72. The van der Waals surface area contributed by atoms with Crippen LogP contribution < -0.4 is 10.0 Å². The standard InChI is InChI=1S/C21H22N2O5S2/c1-3-28-21(25)19-13-15-12-16(7-10-18(15)29-19)23-20(24)11-6-14-4-8-17(9-5-14)30(26,27)22-2/h4-5,7-10,12-13,22H,3,6,11H2,1-2H3,(H,23,24). The lowest BCUT2D eigenvalue weighted by atomic mass is 10.1. The second kappa shape index (κ2) is 9.38. The first-order valence-electron chi connectivity index (χ1n) is 9.35. The Balaban J connectivity index is 1.60. The molecular formula is C21H22N2O5S2. The van der Waals surface area contributed by atoms with Gasteiger partial charge in [-0.1, -0.05) is 12.1 Å². The van der Waals surface area contributed by atoms with E-state index in [9.17, 15) is 18.0 Å². The average Bonchev–Trinajstić information content (AvgIpc) is 3.16. The second-order valence-electron chi connectivity index (χ2n) is 6.48. The van der Waals surface area contributed by atoms with Gasteiger partial charge in [-0.2, -0.15) is 0 Å². The van der Waals surface area contributed by atoms with Gasteiger partial charge >= 0.3 is 5.97 Å². The summed E-state index contributed by atoms with van der Waals surface area (Å²) in [7, 11) is -2.11. The number of ether oxygens (including phenoxy) is 1. The lowest BCUT2D eigenvalue weighted by Gasteiger charge is -2.07. The molecule has 2 N–H and O–H groups in total. The molecule has 2 aromatic carbocycles. The highest BCUT2D eigenvalue weighted by Crippen LogP contribution is 2.28. The summed E-state index contributed by atoms with van der Waals surface area (Å²) in [5.41, 5.74) is 1.52. The average molecular weight is 447 g/mol. The number of nitrogens with one attached hydrogen (secondary N) is 2. The molecule has 30 heavy (non-hydrogen) atoms. The van der Waals surface area contributed by atoms with E-state index in [2.05, 4.69) is 10.0 Å². The third-order valence-corrected chi connectivity index (χ3v) is 6.95. The fraction of sp³-hybridized carbons (Fsp3) is 0.238. The topological polar surface area (TPSA) is 102 Å². The van der Waals surface area contributed by atoms with Crippen LogP contribution in [0.2, 0.25) is 0 Å². The number of hydrogen-bond donors (Lipinski definition) is 2. The van der Waals surface area contributed by atoms with E-state index in [1.165, 1.54) is 30.5 Å². The highest BCUT2D eigenvalue weighted by molar-refractivity contribution is 7.89. The fourth-order valence-electron chi connectivity index (χ4n) is 2.86. The molecule has 1 heterocycles. The molecule has 158 valence electrons. The Hall–Kier alpha value is -2.75. The van der Waals surface area contributed by atoms with E-state index in [1.807, 2.05) is 12.1 Å². The normalized spacial score (nSPS) is 11.4. The van der Waals surface area contributed by atoms with E-state index in [1.54, 1.807) is 31.2 Å². The van der Waals surface area contributed by atoms with Gasteiger partial charge in [-0.15, -0.1) is 11.3 Å². The summed E-state index contributed by atoms with van der Waals surface area (Å²) in [6.07, 6.45) is 0.743. The maximum absolute atomic E-state index is 12.3. The number of esters is 1. The number of fused-ring (bicyclic) bond motifs is 1. The summed E-state index contributed by atoms with van der Waals surface area (Å²) < 4.78 is 31.7. The van der Waals surface area contributed by atoms with Crippen LogP contribution in [0.15, 0.2) is 53.4 Å². The van der Waals surface area contributed by atoms with E-state index in [-0.39, 0.29) is 23.2 Å². The zero-order chi connectivity index (χ0) is 21.7. The monoisotopic (exact) mass is 446 g/mol. The van der Waals surface area contributed by atoms with Crippen LogP contribution >= 0.6 is 11.3 Å². The summed E-state index contributed by atoms with van der Waals surface area (Å²) >= 11 is 1.35. The van der Waals surface area contributed by atoms with Crippen molar-refractivity contribution in [2.45, 2.75) is 24.7 Å². The van der Waals surface area contributed by atoms with E-state index in [0.29, 0.717) is 23.6 Å². The van der Waals surface area contributed by atoms with Gasteiger partial charge in [0.1, 0.15) is 4.88 Å². The molecule has 3 rings (SSSR count). The quantitative estimate of drug-likeness (QED) is 0.515. The van der Waals surface area contributed by atoms with Crippen LogP contribution in [-0.4, -0.2) is 33.9 Å². The second-order valence-corrected chi connectivity index (χ2v) is 9.45. The van der Waals surface area contributed by atoms with Gasteiger partial charge in [-0.3, -0.25) is 4.79 Å². The molecule has 1 amide bonds. The van der Waals surface area contributed by atoms with Crippen LogP contribution in [0.1, 0.15) is 28.6 Å². The van der Waals surface area contributed by atoms with Crippen LogP contribution in [0.3, 0.4) is 0 Å². The first-order valence-corrected chi connectivity index (χ1v) is 11.7.